The average molecular weight is 265 g/mol. The molecule has 0 saturated heterocycles. The van der Waals surface area contributed by atoms with Gasteiger partial charge in [-0.05, 0) is 36.4 Å². The van der Waals surface area contributed by atoms with Crippen molar-refractivity contribution >= 4 is 22.4 Å². The van der Waals surface area contributed by atoms with Gasteiger partial charge in [0.15, 0.2) is 0 Å². The number of ether oxygens (including phenoxy) is 1. The number of para-hydroxylation sites is 1. The van der Waals surface area contributed by atoms with Crippen LogP contribution in [0.4, 0.5) is 11.5 Å². The molecule has 0 N–H and O–H groups in total. The van der Waals surface area contributed by atoms with Gasteiger partial charge in [-0.25, -0.2) is 9.97 Å². The Morgan fingerprint density at radius 2 is 1.70 bits per heavy atom. The summed E-state index contributed by atoms with van der Waals surface area (Å²) >= 11 is 0. The largest absolute Gasteiger partial charge is 0.497 e. The second-order valence-electron chi connectivity index (χ2n) is 4.47. The standard InChI is InChI=1S/C16H15N3O/c1-19(12-7-9-13(20-2)10-8-12)16-14-5-3-4-6-15(14)17-11-18-16/h3-11H,1-2H3. The lowest BCUT2D eigenvalue weighted by Gasteiger charge is -2.19. The first-order valence-corrected chi connectivity index (χ1v) is 6.37. The molecule has 0 amide bonds. The fourth-order valence-corrected chi connectivity index (χ4v) is 2.19. The third-order valence-electron chi connectivity index (χ3n) is 3.30. The minimum atomic E-state index is 0.842. The van der Waals surface area contributed by atoms with Crippen LogP contribution in [0.15, 0.2) is 54.9 Å². The van der Waals surface area contributed by atoms with Crippen molar-refractivity contribution < 1.29 is 4.74 Å². The topological polar surface area (TPSA) is 38.2 Å². The van der Waals surface area contributed by atoms with Gasteiger partial charge in [0.25, 0.3) is 0 Å². The molecule has 3 aromatic rings. The van der Waals surface area contributed by atoms with Crippen molar-refractivity contribution in [3.05, 3.63) is 54.9 Å². The monoisotopic (exact) mass is 265 g/mol. The highest BCUT2D eigenvalue weighted by Crippen LogP contribution is 2.28. The average Bonchev–Trinajstić information content (AvgIpc) is 2.54. The zero-order valence-electron chi connectivity index (χ0n) is 11.4. The van der Waals surface area contributed by atoms with E-state index < -0.39 is 0 Å². The van der Waals surface area contributed by atoms with E-state index >= 15 is 0 Å². The zero-order chi connectivity index (χ0) is 13.9. The number of fused-ring (bicyclic) bond motifs is 1. The summed E-state index contributed by atoms with van der Waals surface area (Å²) in [7, 11) is 3.66. The second-order valence-corrected chi connectivity index (χ2v) is 4.47. The number of aromatic nitrogens is 2. The third-order valence-corrected chi connectivity index (χ3v) is 3.30. The molecule has 0 aliphatic carbocycles. The highest BCUT2D eigenvalue weighted by molar-refractivity contribution is 5.91. The van der Waals surface area contributed by atoms with Crippen molar-refractivity contribution in [2.75, 3.05) is 19.1 Å². The fraction of sp³-hybridized carbons (Fsp3) is 0.125. The molecule has 0 spiro atoms. The Labute approximate surface area is 117 Å². The van der Waals surface area contributed by atoms with E-state index in [1.807, 2.05) is 60.5 Å². The molecule has 4 nitrogen and oxygen atoms in total. The van der Waals surface area contributed by atoms with Gasteiger partial charge in [-0.1, -0.05) is 12.1 Å². The van der Waals surface area contributed by atoms with Crippen molar-refractivity contribution in [3.8, 4) is 5.75 Å². The smallest absolute Gasteiger partial charge is 0.144 e. The van der Waals surface area contributed by atoms with Crippen molar-refractivity contribution in [1.82, 2.24) is 9.97 Å². The van der Waals surface area contributed by atoms with Crippen LogP contribution in [-0.2, 0) is 0 Å². The van der Waals surface area contributed by atoms with E-state index in [2.05, 4.69) is 9.97 Å². The summed E-state index contributed by atoms with van der Waals surface area (Å²) in [5.41, 5.74) is 1.99. The van der Waals surface area contributed by atoms with E-state index in [4.69, 9.17) is 4.74 Å². The lowest BCUT2D eigenvalue weighted by atomic mass is 10.2. The fourth-order valence-electron chi connectivity index (χ4n) is 2.19. The van der Waals surface area contributed by atoms with Crippen molar-refractivity contribution in [2.45, 2.75) is 0 Å². The molecule has 0 saturated carbocycles. The first-order valence-electron chi connectivity index (χ1n) is 6.37. The molecule has 1 heterocycles. The van der Waals surface area contributed by atoms with Gasteiger partial charge in [-0.2, -0.15) is 0 Å². The first kappa shape index (κ1) is 12.4. The van der Waals surface area contributed by atoms with E-state index in [0.29, 0.717) is 0 Å². The molecule has 100 valence electrons. The summed E-state index contributed by atoms with van der Waals surface area (Å²) < 4.78 is 5.18. The molecule has 0 radical (unpaired) electrons. The maximum Gasteiger partial charge on any atom is 0.144 e. The second kappa shape index (κ2) is 5.17. The van der Waals surface area contributed by atoms with E-state index in [1.165, 1.54) is 0 Å². The summed E-state index contributed by atoms with van der Waals surface area (Å²) in [6.45, 7) is 0. The molecule has 1 aromatic heterocycles. The molecule has 0 aliphatic rings. The van der Waals surface area contributed by atoms with Crippen LogP contribution in [-0.4, -0.2) is 24.1 Å². The van der Waals surface area contributed by atoms with Gasteiger partial charge in [-0.15, -0.1) is 0 Å². The Balaban J connectivity index is 2.05. The number of nitrogens with zero attached hydrogens (tertiary/aromatic N) is 3. The molecule has 2 aromatic carbocycles. The van der Waals surface area contributed by atoms with Crippen LogP contribution in [0, 0.1) is 0 Å². The van der Waals surface area contributed by atoms with Gasteiger partial charge < -0.3 is 9.64 Å². The zero-order valence-corrected chi connectivity index (χ0v) is 11.4. The van der Waals surface area contributed by atoms with Gasteiger partial charge in [0.2, 0.25) is 0 Å². The van der Waals surface area contributed by atoms with Gasteiger partial charge in [0, 0.05) is 18.1 Å². The predicted octanol–water partition coefficient (Wildman–Crippen LogP) is 3.41. The molecule has 3 rings (SSSR count). The molecule has 0 aliphatic heterocycles. The summed E-state index contributed by atoms with van der Waals surface area (Å²) in [5, 5.41) is 1.04. The third kappa shape index (κ3) is 2.16. The van der Waals surface area contributed by atoms with Crippen LogP contribution >= 0.6 is 0 Å². The molecule has 20 heavy (non-hydrogen) atoms. The number of hydrogen-bond donors (Lipinski definition) is 0. The molecule has 0 atom stereocenters. The van der Waals surface area contributed by atoms with E-state index in [-0.39, 0.29) is 0 Å². The summed E-state index contributed by atoms with van der Waals surface area (Å²) in [6, 6.07) is 15.9. The van der Waals surface area contributed by atoms with Gasteiger partial charge >= 0.3 is 0 Å². The molecule has 0 unspecified atom stereocenters. The summed E-state index contributed by atoms with van der Waals surface area (Å²) in [4.78, 5) is 10.7. The minimum Gasteiger partial charge on any atom is -0.497 e. The predicted molar refractivity (Wildman–Crippen MR) is 80.6 cm³/mol. The van der Waals surface area contributed by atoms with Crippen molar-refractivity contribution in [1.29, 1.82) is 0 Å². The first-order chi connectivity index (χ1) is 9.79. The van der Waals surface area contributed by atoms with Crippen LogP contribution in [0.25, 0.3) is 10.9 Å². The van der Waals surface area contributed by atoms with Gasteiger partial charge in [0.05, 0.1) is 12.6 Å². The summed E-state index contributed by atoms with van der Waals surface area (Å²) in [5.74, 6) is 1.73. The SMILES string of the molecule is COc1ccc(N(C)c2ncnc3ccccc23)cc1. The highest BCUT2D eigenvalue weighted by atomic mass is 16.5. The molecular formula is C16H15N3O. The lowest BCUT2D eigenvalue weighted by molar-refractivity contribution is 0.415. The maximum absolute atomic E-state index is 5.18. The van der Waals surface area contributed by atoms with Crippen LogP contribution in [0.1, 0.15) is 0 Å². The lowest BCUT2D eigenvalue weighted by Crippen LogP contribution is -2.11. The number of rotatable bonds is 3. The number of anilines is 2. The van der Waals surface area contributed by atoms with Crippen LogP contribution in [0.3, 0.4) is 0 Å². The van der Waals surface area contributed by atoms with Crippen LogP contribution < -0.4 is 9.64 Å². The molecule has 4 heteroatoms. The van der Waals surface area contributed by atoms with Gasteiger partial charge in [0.1, 0.15) is 17.9 Å². The molecule has 0 fully saturated rings. The van der Waals surface area contributed by atoms with Gasteiger partial charge in [-0.3, -0.25) is 0 Å². The van der Waals surface area contributed by atoms with Crippen LogP contribution in [0.2, 0.25) is 0 Å². The van der Waals surface area contributed by atoms with Crippen molar-refractivity contribution in [3.63, 3.8) is 0 Å². The number of hydrogen-bond acceptors (Lipinski definition) is 4. The normalized spacial score (nSPS) is 10.5. The summed E-state index contributed by atoms with van der Waals surface area (Å²) in [6.07, 6.45) is 1.59. The van der Waals surface area contributed by atoms with E-state index in [1.54, 1.807) is 13.4 Å². The Bertz CT molecular complexity index is 720. The number of benzene rings is 2. The van der Waals surface area contributed by atoms with E-state index in [9.17, 15) is 0 Å². The Morgan fingerprint density at radius 3 is 2.45 bits per heavy atom. The Hall–Kier alpha value is -2.62. The van der Waals surface area contributed by atoms with E-state index in [0.717, 1.165) is 28.2 Å². The Morgan fingerprint density at radius 1 is 0.950 bits per heavy atom. The Kier molecular flexibility index (Phi) is 3.21. The quantitative estimate of drug-likeness (QED) is 0.727. The number of methoxy groups -OCH3 is 1. The minimum absolute atomic E-state index is 0.842. The maximum atomic E-state index is 5.18. The highest BCUT2D eigenvalue weighted by Gasteiger charge is 2.09. The van der Waals surface area contributed by atoms with Crippen LogP contribution in [0.5, 0.6) is 5.75 Å². The molecular weight excluding hydrogens is 250 g/mol. The van der Waals surface area contributed by atoms with Crippen molar-refractivity contribution in [2.24, 2.45) is 0 Å². The molecule has 0 bridgehead atoms.